The van der Waals surface area contributed by atoms with Crippen LogP contribution in [0.25, 0.3) is 0 Å². The summed E-state index contributed by atoms with van der Waals surface area (Å²) >= 11 is 1.34. The van der Waals surface area contributed by atoms with Gasteiger partial charge in [-0.25, -0.2) is 9.78 Å². The molecular formula is C22H33IN4O4S. The second-order valence-corrected chi connectivity index (χ2v) is 7.77. The minimum atomic E-state index is -0.330. The molecule has 0 bridgehead atoms. The predicted molar refractivity (Wildman–Crippen MR) is 139 cm³/mol. The number of hydrogen-bond donors (Lipinski definition) is 2. The van der Waals surface area contributed by atoms with Crippen LogP contribution in [0.1, 0.15) is 52.7 Å². The van der Waals surface area contributed by atoms with Gasteiger partial charge in [-0.3, -0.25) is 4.99 Å². The molecule has 32 heavy (non-hydrogen) atoms. The molecule has 10 heteroatoms. The highest BCUT2D eigenvalue weighted by Crippen LogP contribution is 2.25. The molecule has 0 aliphatic heterocycles. The van der Waals surface area contributed by atoms with Crippen molar-refractivity contribution in [3.8, 4) is 11.5 Å². The Morgan fingerprint density at radius 3 is 2.62 bits per heavy atom. The Morgan fingerprint density at radius 1 is 1.25 bits per heavy atom. The van der Waals surface area contributed by atoms with Gasteiger partial charge in [0.15, 0.2) is 5.96 Å². The maximum absolute atomic E-state index is 12.1. The molecule has 2 rings (SSSR count). The van der Waals surface area contributed by atoms with Crippen molar-refractivity contribution in [3.63, 3.8) is 0 Å². The van der Waals surface area contributed by atoms with Gasteiger partial charge < -0.3 is 24.8 Å². The second kappa shape index (κ2) is 14.1. The van der Waals surface area contributed by atoms with Crippen molar-refractivity contribution >= 4 is 47.2 Å². The van der Waals surface area contributed by atoms with Gasteiger partial charge in [-0.15, -0.1) is 35.3 Å². The number of halogens is 1. The summed E-state index contributed by atoms with van der Waals surface area (Å²) in [7, 11) is 3.30. The molecule has 178 valence electrons. The summed E-state index contributed by atoms with van der Waals surface area (Å²) < 4.78 is 15.9. The average Bonchev–Trinajstić information content (AvgIpc) is 3.15. The number of hydrogen-bond acceptors (Lipinski definition) is 7. The number of aryl methyl sites for hydroxylation is 1. The van der Waals surface area contributed by atoms with Crippen LogP contribution in [0.5, 0.6) is 11.5 Å². The number of aliphatic imine (C=N–C) groups is 1. The van der Waals surface area contributed by atoms with E-state index in [0.29, 0.717) is 36.1 Å². The molecule has 8 nitrogen and oxygen atoms in total. The summed E-state index contributed by atoms with van der Waals surface area (Å²) in [6.45, 7) is 9.25. The van der Waals surface area contributed by atoms with E-state index in [4.69, 9.17) is 14.2 Å². The molecule has 0 aliphatic rings. The second-order valence-electron chi connectivity index (χ2n) is 6.74. The van der Waals surface area contributed by atoms with Crippen LogP contribution in [-0.4, -0.2) is 50.8 Å². The van der Waals surface area contributed by atoms with Crippen LogP contribution in [0, 0.1) is 6.92 Å². The summed E-state index contributed by atoms with van der Waals surface area (Å²) in [5.41, 5.74) is 1.71. The maximum atomic E-state index is 12.1. The average molecular weight is 577 g/mol. The van der Waals surface area contributed by atoms with E-state index in [-0.39, 0.29) is 36.0 Å². The number of nitrogens with one attached hydrogen (secondary N) is 2. The molecule has 0 saturated carbocycles. The Labute approximate surface area is 211 Å². The third kappa shape index (κ3) is 7.80. The molecule has 0 aliphatic carbocycles. The van der Waals surface area contributed by atoms with Crippen molar-refractivity contribution in [2.45, 2.75) is 40.2 Å². The largest absolute Gasteiger partial charge is 0.497 e. The van der Waals surface area contributed by atoms with Crippen LogP contribution in [0.3, 0.4) is 0 Å². The van der Waals surface area contributed by atoms with Gasteiger partial charge in [0.25, 0.3) is 0 Å². The van der Waals surface area contributed by atoms with E-state index >= 15 is 0 Å². The molecule has 0 amide bonds. The molecule has 0 radical (unpaired) electrons. The van der Waals surface area contributed by atoms with E-state index < -0.39 is 0 Å². The summed E-state index contributed by atoms with van der Waals surface area (Å²) in [5, 5.41) is 7.42. The number of carbonyl (C=O) groups excluding carboxylic acids is 1. The number of methoxy groups -OCH3 is 2. The Morgan fingerprint density at radius 2 is 2.00 bits per heavy atom. The molecule has 2 aromatic rings. The quantitative estimate of drug-likeness (QED) is 0.190. The van der Waals surface area contributed by atoms with Crippen molar-refractivity contribution in [1.29, 1.82) is 0 Å². The first kappa shape index (κ1) is 28.0. The highest BCUT2D eigenvalue weighted by Gasteiger charge is 2.20. The minimum Gasteiger partial charge on any atom is -0.497 e. The number of benzene rings is 1. The van der Waals surface area contributed by atoms with Crippen LogP contribution in [0.4, 0.5) is 0 Å². The smallest absolute Gasteiger partial charge is 0.350 e. The van der Waals surface area contributed by atoms with Crippen molar-refractivity contribution in [2.75, 3.05) is 33.9 Å². The Hall–Kier alpha value is -2.08. The number of nitrogens with zero attached hydrogens (tertiary/aromatic N) is 2. The Balaban J connectivity index is 0.00000512. The van der Waals surface area contributed by atoms with E-state index in [1.165, 1.54) is 11.3 Å². The van der Waals surface area contributed by atoms with Crippen LogP contribution in [0.15, 0.2) is 23.2 Å². The van der Waals surface area contributed by atoms with Gasteiger partial charge >= 0.3 is 5.97 Å². The van der Waals surface area contributed by atoms with Gasteiger partial charge in [0.2, 0.25) is 0 Å². The zero-order valence-electron chi connectivity index (χ0n) is 19.5. The van der Waals surface area contributed by atoms with Gasteiger partial charge in [0, 0.05) is 13.1 Å². The zero-order valence-corrected chi connectivity index (χ0v) is 22.6. The van der Waals surface area contributed by atoms with Crippen molar-refractivity contribution in [3.05, 3.63) is 39.3 Å². The summed E-state index contributed by atoms with van der Waals surface area (Å²) in [5.74, 6) is 1.95. The number of esters is 1. The Bertz CT molecular complexity index is 904. The number of rotatable bonds is 10. The Kier molecular flexibility index (Phi) is 12.4. The fraction of sp³-hybridized carbons (Fsp3) is 0.500. The third-order valence-corrected chi connectivity index (χ3v) is 5.80. The first-order valence-corrected chi connectivity index (χ1v) is 11.1. The lowest BCUT2D eigenvalue weighted by Gasteiger charge is -2.16. The summed E-state index contributed by atoms with van der Waals surface area (Å²) in [4.78, 5) is 21.8. The van der Waals surface area contributed by atoms with Gasteiger partial charge in [0.1, 0.15) is 21.4 Å². The van der Waals surface area contributed by atoms with Gasteiger partial charge in [-0.05, 0) is 57.9 Å². The van der Waals surface area contributed by atoms with Gasteiger partial charge in [-0.2, -0.15) is 0 Å². The minimum absolute atomic E-state index is 0. The molecule has 1 heterocycles. The summed E-state index contributed by atoms with van der Waals surface area (Å²) in [6.07, 6.45) is 0.703. The van der Waals surface area contributed by atoms with Gasteiger partial charge in [-0.1, -0.05) is 0 Å². The number of carbonyl (C=O) groups is 1. The highest BCUT2D eigenvalue weighted by atomic mass is 127. The lowest BCUT2D eigenvalue weighted by molar-refractivity contribution is 0.0531. The maximum Gasteiger partial charge on any atom is 0.350 e. The standard InChI is InChI=1S/C22H32N4O4S.HI/c1-7-23-22(24-12-11-16-13-17(28-5)9-10-18(16)29-6)26-15(4)20-25-14(3)19(31-20)21(27)30-8-2;/h9-10,13,15H,7-8,11-12H2,1-6H3,(H2,23,24,26);1H. The molecule has 1 unspecified atom stereocenters. The van der Waals surface area contributed by atoms with Crippen molar-refractivity contribution in [1.82, 2.24) is 15.6 Å². The molecule has 1 aromatic heterocycles. The molecule has 2 N–H and O–H groups in total. The topological polar surface area (TPSA) is 94.1 Å². The van der Waals surface area contributed by atoms with E-state index in [1.54, 1.807) is 21.1 Å². The molecule has 1 aromatic carbocycles. The van der Waals surface area contributed by atoms with E-state index in [1.807, 2.05) is 39.0 Å². The fourth-order valence-electron chi connectivity index (χ4n) is 2.94. The van der Waals surface area contributed by atoms with Crippen LogP contribution in [-0.2, 0) is 11.2 Å². The van der Waals surface area contributed by atoms with Gasteiger partial charge in [0.05, 0.1) is 32.6 Å². The number of ether oxygens (including phenoxy) is 3. The number of guanidine groups is 1. The van der Waals surface area contributed by atoms with Crippen LogP contribution < -0.4 is 20.1 Å². The molecular weight excluding hydrogens is 543 g/mol. The molecule has 0 saturated heterocycles. The molecule has 1 atom stereocenters. The lowest BCUT2D eigenvalue weighted by atomic mass is 10.1. The first-order valence-electron chi connectivity index (χ1n) is 10.3. The monoisotopic (exact) mass is 576 g/mol. The fourth-order valence-corrected chi connectivity index (χ4v) is 3.90. The molecule has 0 fully saturated rings. The third-order valence-electron chi connectivity index (χ3n) is 4.48. The summed E-state index contributed by atoms with van der Waals surface area (Å²) in [6, 6.07) is 5.62. The molecule has 0 spiro atoms. The lowest BCUT2D eigenvalue weighted by Crippen LogP contribution is -2.38. The van der Waals surface area contributed by atoms with Crippen LogP contribution in [0.2, 0.25) is 0 Å². The highest BCUT2D eigenvalue weighted by molar-refractivity contribution is 14.0. The first-order chi connectivity index (χ1) is 14.9. The SMILES string of the molecule is CCNC(=NCCc1cc(OC)ccc1OC)NC(C)c1nc(C)c(C(=O)OCC)s1.I. The van der Waals surface area contributed by atoms with Crippen LogP contribution >= 0.6 is 35.3 Å². The predicted octanol–water partition coefficient (Wildman–Crippen LogP) is 4.12. The van der Waals surface area contributed by atoms with Crippen molar-refractivity contribution in [2.24, 2.45) is 4.99 Å². The number of aromatic nitrogens is 1. The van der Waals surface area contributed by atoms with E-state index in [9.17, 15) is 4.79 Å². The van der Waals surface area contributed by atoms with Crippen molar-refractivity contribution < 1.29 is 19.0 Å². The normalized spacial score (nSPS) is 11.9. The van der Waals surface area contributed by atoms with E-state index in [2.05, 4.69) is 20.6 Å². The van der Waals surface area contributed by atoms with E-state index in [0.717, 1.165) is 28.6 Å². The number of thiazole rings is 1. The zero-order chi connectivity index (χ0) is 22.8.